The van der Waals surface area contributed by atoms with Gasteiger partial charge >= 0.3 is 5.97 Å². The summed E-state index contributed by atoms with van der Waals surface area (Å²) >= 11 is 1.33. The number of benzene rings is 1. The Bertz CT molecular complexity index is 688. The van der Waals surface area contributed by atoms with Gasteiger partial charge in [0.15, 0.2) is 0 Å². The van der Waals surface area contributed by atoms with Crippen molar-refractivity contribution in [3.05, 3.63) is 57.8 Å². The van der Waals surface area contributed by atoms with E-state index in [-0.39, 0.29) is 6.42 Å². The van der Waals surface area contributed by atoms with Crippen molar-refractivity contribution < 1.29 is 19.5 Å². The molecule has 1 N–H and O–H groups in total. The van der Waals surface area contributed by atoms with Crippen molar-refractivity contribution in [1.82, 2.24) is 4.90 Å². The van der Waals surface area contributed by atoms with E-state index >= 15 is 0 Å². The van der Waals surface area contributed by atoms with Crippen molar-refractivity contribution in [2.24, 2.45) is 0 Å². The average molecular weight is 301 g/mol. The standard InChI is InChI=1S/C15H11NO4S/c17-13(18)8-11(12-6-3-7-21-12)16-14(19)9-4-1-2-5-10(9)15(16)20/h1-7,11H,8H2,(H,17,18)/t11-/m1/s1. The van der Waals surface area contributed by atoms with Gasteiger partial charge in [-0.1, -0.05) is 18.2 Å². The molecule has 1 atom stereocenters. The van der Waals surface area contributed by atoms with E-state index in [0.29, 0.717) is 16.0 Å². The fraction of sp³-hybridized carbons (Fsp3) is 0.133. The van der Waals surface area contributed by atoms with Crippen molar-refractivity contribution in [2.45, 2.75) is 12.5 Å². The zero-order chi connectivity index (χ0) is 15.0. The molecule has 2 amide bonds. The number of carboxylic acid groups (broad SMARTS) is 1. The van der Waals surface area contributed by atoms with E-state index in [1.165, 1.54) is 11.3 Å². The van der Waals surface area contributed by atoms with Gasteiger partial charge in [-0.15, -0.1) is 11.3 Å². The van der Waals surface area contributed by atoms with Crippen LogP contribution in [-0.4, -0.2) is 27.8 Å². The molecular weight excluding hydrogens is 290 g/mol. The third-order valence-electron chi connectivity index (χ3n) is 3.38. The lowest BCUT2D eigenvalue weighted by molar-refractivity contribution is -0.138. The van der Waals surface area contributed by atoms with Gasteiger partial charge in [-0.25, -0.2) is 0 Å². The van der Waals surface area contributed by atoms with Crippen molar-refractivity contribution in [2.75, 3.05) is 0 Å². The minimum absolute atomic E-state index is 0.300. The summed E-state index contributed by atoms with van der Waals surface area (Å²) in [6.07, 6.45) is -0.300. The molecule has 0 saturated carbocycles. The molecule has 2 heterocycles. The molecule has 0 radical (unpaired) electrons. The van der Waals surface area contributed by atoms with Crippen LogP contribution in [0.25, 0.3) is 0 Å². The molecule has 0 bridgehead atoms. The molecule has 0 aliphatic carbocycles. The molecule has 0 fully saturated rings. The molecule has 0 unspecified atom stereocenters. The molecule has 21 heavy (non-hydrogen) atoms. The highest BCUT2D eigenvalue weighted by atomic mass is 32.1. The summed E-state index contributed by atoms with van der Waals surface area (Å²) in [7, 11) is 0. The lowest BCUT2D eigenvalue weighted by atomic mass is 10.1. The highest BCUT2D eigenvalue weighted by Gasteiger charge is 2.41. The molecule has 1 aromatic heterocycles. The summed E-state index contributed by atoms with van der Waals surface area (Å²) in [5.74, 6) is -1.92. The molecule has 2 aromatic rings. The van der Waals surface area contributed by atoms with Crippen molar-refractivity contribution >= 4 is 29.1 Å². The van der Waals surface area contributed by atoms with Crippen LogP contribution in [0.4, 0.5) is 0 Å². The number of nitrogens with zero attached hydrogens (tertiary/aromatic N) is 1. The van der Waals surface area contributed by atoms with E-state index in [2.05, 4.69) is 0 Å². The Morgan fingerprint density at radius 1 is 1.10 bits per heavy atom. The zero-order valence-electron chi connectivity index (χ0n) is 10.9. The molecule has 1 aromatic carbocycles. The number of amides is 2. The third-order valence-corrected chi connectivity index (χ3v) is 4.35. The monoisotopic (exact) mass is 301 g/mol. The van der Waals surface area contributed by atoms with Crippen LogP contribution >= 0.6 is 11.3 Å². The highest BCUT2D eigenvalue weighted by molar-refractivity contribution is 7.10. The van der Waals surface area contributed by atoms with Crippen molar-refractivity contribution in [3.63, 3.8) is 0 Å². The van der Waals surface area contributed by atoms with Crippen LogP contribution < -0.4 is 0 Å². The van der Waals surface area contributed by atoms with Gasteiger partial charge in [-0.2, -0.15) is 0 Å². The van der Waals surface area contributed by atoms with Crippen LogP contribution in [0.15, 0.2) is 41.8 Å². The number of aliphatic carboxylic acids is 1. The molecule has 1 aliphatic heterocycles. The lowest BCUT2D eigenvalue weighted by Gasteiger charge is -2.23. The van der Waals surface area contributed by atoms with E-state index in [1.54, 1.807) is 41.8 Å². The number of carbonyl (C=O) groups is 3. The van der Waals surface area contributed by atoms with Gasteiger partial charge in [-0.05, 0) is 23.6 Å². The number of carbonyl (C=O) groups excluding carboxylic acids is 2. The number of thiophene rings is 1. The smallest absolute Gasteiger partial charge is 0.305 e. The van der Waals surface area contributed by atoms with E-state index in [9.17, 15) is 14.4 Å². The summed E-state index contributed by atoms with van der Waals surface area (Å²) in [6.45, 7) is 0. The van der Waals surface area contributed by atoms with Crippen LogP contribution in [-0.2, 0) is 4.79 Å². The molecule has 6 heteroatoms. The minimum Gasteiger partial charge on any atom is -0.481 e. The lowest BCUT2D eigenvalue weighted by Crippen LogP contribution is -2.35. The van der Waals surface area contributed by atoms with Crippen molar-refractivity contribution in [3.8, 4) is 0 Å². The summed E-state index contributed by atoms with van der Waals surface area (Å²) in [5.41, 5.74) is 0.656. The van der Waals surface area contributed by atoms with Crippen LogP contribution in [0.3, 0.4) is 0 Å². The summed E-state index contributed by atoms with van der Waals surface area (Å²) in [4.78, 5) is 37.7. The molecule has 106 valence electrons. The highest BCUT2D eigenvalue weighted by Crippen LogP contribution is 2.35. The Kier molecular flexibility index (Phi) is 3.31. The van der Waals surface area contributed by atoms with E-state index in [0.717, 1.165) is 4.90 Å². The molecule has 0 saturated heterocycles. The normalized spacial score (nSPS) is 15.1. The van der Waals surface area contributed by atoms with Gasteiger partial charge in [0.05, 0.1) is 23.6 Å². The van der Waals surface area contributed by atoms with Crippen LogP contribution in [0.2, 0.25) is 0 Å². The summed E-state index contributed by atoms with van der Waals surface area (Å²) in [6, 6.07) is 9.28. The molecular formula is C15H11NO4S. The number of imide groups is 1. The fourth-order valence-corrected chi connectivity index (χ4v) is 3.27. The minimum atomic E-state index is -1.05. The van der Waals surface area contributed by atoms with Crippen molar-refractivity contribution in [1.29, 1.82) is 0 Å². The van der Waals surface area contributed by atoms with Gasteiger partial charge in [0.25, 0.3) is 11.8 Å². The maximum atomic E-state index is 12.4. The first-order valence-corrected chi connectivity index (χ1v) is 7.19. The second-order valence-corrected chi connectivity index (χ2v) is 5.63. The van der Waals surface area contributed by atoms with Gasteiger partial charge < -0.3 is 5.11 Å². The second kappa shape index (κ2) is 5.14. The van der Waals surface area contributed by atoms with Crippen LogP contribution in [0.5, 0.6) is 0 Å². The Morgan fingerprint density at radius 3 is 2.19 bits per heavy atom. The number of hydrogen-bond donors (Lipinski definition) is 1. The average Bonchev–Trinajstić information content (AvgIpc) is 3.06. The number of fused-ring (bicyclic) bond motifs is 1. The molecule has 0 spiro atoms. The summed E-state index contributed by atoms with van der Waals surface area (Å²) in [5, 5.41) is 10.9. The second-order valence-electron chi connectivity index (χ2n) is 4.65. The predicted molar refractivity (Wildman–Crippen MR) is 76.3 cm³/mol. The largest absolute Gasteiger partial charge is 0.481 e. The maximum Gasteiger partial charge on any atom is 0.305 e. The van der Waals surface area contributed by atoms with Gasteiger partial charge in [0.2, 0.25) is 0 Å². The Balaban J connectivity index is 2.04. The maximum absolute atomic E-state index is 12.4. The summed E-state index contributed by atoms with van der Waals surface area (Å²) < 4.78 is 0. The molecule has 1 aliphatic rings. The SMILES string of the molecule is O=C(O)C[C@H](c1cccs1)N1C(=O)c2ccccc2C1=O. The van der Waals surface area contributed by atoms with E-state index in [4.69, 9.17) is 5.11 Å². The molecule has 5 nitrogen and oxygen atoms in total. The van der Waals surface area contributed by atoms with E-state index < -0.39 is 23.8 Å². The first-order valence-electron chi connectivity index (χ1n) is 6.31. The topological polar surface area (TPSA) is 74.7 Å². The Labute approximate surface area is 124 Å². The third kappa shape index (κ3) is 2.23. The quantitative estimate of drug-likeness (QED) is 0.881. The van der Waals surface area contributed by atoms with E-state index in [1.807, 2.05) is 0 Å². The number of rotatable bonds is 4. The fourth-order valence-electron chi connectivity index (χ4n) is 2.46. The Hall–Kier alpha value is -2.47. The molecule has 3 rings (SSSR count). The van der Waals surface area contributed by atoms with Gasteiger partial charge in [-0.3, -0.25) is 19.3 Å². The predicted octanol–water partition coefficient (Wildman–Crippen LogP) is 2.56. The van der Waals surface area contributed by atoms with Gasteiger partial charge in [0.1, 0.15) is 0 Å². The van der Waals surface area contributed by atoms with Gasteiger partial charge in [0, 0.05) is 4.88 Å². The number of carboxylic acids is 1. The number of hydrogen-bond acceptors (Lipinski definition) is 4. The Morgan fingerprint density at radius 2 is 1.71 bits per heavy atom. The zero-order valence-corrected chi connectivity index (χ0v) is 11.7. The van der Waals surface area contributed by atoms with Crippen LogP contribution in [0.1, 0.15) is 38.1 Å². The van der Waals surface area contributed by atoms with Crippen LogP contribution in [0, 0.1) is 0 Å². The first-order chi connectivity index (χ1) is 10.1. The first kappa shape index (κ1) is 13.5.